The average Bonchev–Trinajstić information content (AvgIpc) is 2.20. The molecule has 1 unspecified atom stereocenters. The lowest BCUT2D eigenvalue weighted by atomic mass is 9.87. The first-order valence-electron chi connectivity index (χ1n) is 6.16. The quantitative estimate of drug-likeness (QED) is 0.804. The Morgan fingerprint density at radius 1 is 1.12 bits per heavy atom. The summed E-state index contributed by atoms with van der Waals surface area (Å²) in [7, 11) is 2.05. The van der Waals surface area contributed by atoms with Crippen molar-refractivity contribution in [3.63, 3.8) is 0 Å². The van der Waals surface area contributed by atoms with E-state index in [0.29, 0.717) is 11.5 Å². The standard InChI is InChI=1S/C15H25N/c1-12-6-8-13(9-7-12)14(16-5)10-11-15(2,3)4/h6-9,14,16H,10-11H2,1-5H3. The van der Waals surface area contributed by atoms with Gasteiger partial charge in [0, 0.05) is 6.04 Å². The van der Waals surface area contributed by atoms with Crippen molar-refractivity contribution in [1.82, 2.24) is 5.32 Å². The fourth-order valence-corrected chi connectivity index (χ4v) is 1.85. The van der Waals surface area contributed by atoms with E-state index in [9.17, 15) is 0 Å². The van der Waals surface area contributed by atoms with E-state index in [1.807, 2.05) is 7.05 Å². The summed E-state index contributed by atoms with van der Waals surface area (Å²) in [5.74, 6) is 0. The zero-order valence-electron chi connectivity index (χ0n) is 11.3. The van der Waals surface area contributed by atoms with Crippen LogP contribution in [0.25, 0.3) is 0 Å². The molecule has 1 nitrogen and oxygen atoms in total. The number of benzene rings is 1. The Bertz CT molecular complexity index is 305. The van der Waals surface area contributed by atoms with Crippen molar-refractivity contribution in [3.8, 4) is 0 Å². The molecule has 0 fully saturated rings. The number of aryl methyl sites for hydroxylation is 1. The maximum atomic E-state index is 3.41. The van der Waals surface area contributed by atoms with Crippen LogP contribution in [0.1, 0.15) is 50.8 Å². The predicted octanol–water partition coefficient (Wildman–Crippen LogP) is 4.08. The van der Waals surface area contributed by atoms with Gasteiger partial charge in [-0.25, -0.2) is 0 Å². The van der Waals surface area contributed by atoms with E-state index in [2.05, 4.69) is 57.3 Å². The van der Waals surface area contributed by atoms with Crippen LogP contribution in [0, 0.1) is 12.3 Å². The number of rotatable bonds is 4. The first-order chi connectivity index (χ1) is 7.42. The summed E-state index contributed by atoms with van der Waals surface area (Å²) in [5.41, 5.74) is 3.14. The van der Waals surface area contributed by atoms with E-state index in [1.165, 1.54) is 24.0 Å². The van der Waals surface area contributed by atoms with E-state index in [0.717, 1.165) is 0 Å². The fraction of sp³-hybridized carbons (Fsp3) is 0.600. The first kappa shape index (κ1) is 13.2. The van der Waals surface area contributed by atoms with Gasteiger partial charge in [-0.15, -0.1) is 0 Å². The van der Waals surface area contributed by atoms with Gasteiger partial charge in [-0.05, 0) is 37.8 Å². The molecule has 0 aliphatic rings. The van der Waals surface area contributed by atoms with Gasteiger partial charge in [0.15, 0.2) is 0 Å². The van der Waals surface area contributed by atoms with Crippen molar-refractivity contribution in [2.24, 2.45) is 5.41 Å². The van der Waals surface area contributed by atoms with Gasteiger partial charge in [0.25, 0.3) is 0 Å². The Morgan fingerprint density at radius 3 is 2.12 bits per heavy atom. The summed E-state index contributed by atoms with van der Waals surface area (Å²) >= 11 is 0. The molecule has 90 valence electrons. The van der Waals surface area contributed by atoms with E-state index >= 15 is 0 Å². The van der Waals surface area contributed by atoms with Crippen molar-refractivity contribution in [3.05, 3.63) is 35.4 Å². The molecule has 0 saturated carbocycles. The molecule has 1 N–H and O–H groups in total. The normalized spacial score (nSPS) is 13.8. The van der Waals surface area contributed by atoms with Gasteiger partial charge in [-0.1, -0.05) is 50.6 Å². The fourth-order valence-electron chi connectivity index (χ4n) is 1.85. The van der Waals surface area contributed by atoms with Crippen LogP contribution in [0.4, 0.5) is 0 Å². The highest BCUT2D eigenvalue weighted by molar-refractivity contribution is 5.24. The molecular weight excluding hydrogens is 194 g/mol. The molecule has 0 radical (unpaired) electrons. The molecule has 16 heavy (non-hydrogen) atoms. The highest BCUT2D eigenvalue weighted by Gasteiger charge is 2.15. The van der Waals surface area contributed by atoms with Crippen molar-refractivity contribution in [2.45, 2.75) is 46.6 Å². The van der Waals surface area contributed by atoms with Gasteiger partial charge in [0.05, 0.1) is 0 Å². The Hall–Kier alpha value is -0.820. The van der Waals surface area contributed by atoms with Gasteiger partial charge in [-0.2, -0.15) is 0 Å². The number of nitrogens with one attached hydrogen (secondary N) is 1. The molecule has 0 saturated heterocycles. The maximum Gasteiger partial charge on any atom is 0.0317 e. The zero-order chi connectivity index (χ0) is 12.2. The molecule has 0 aliphatic carbocycles. The maximum absolute atomic E-state index is 3.41. The molecular formula is C15H25N. The Kier molecular flexibility index (Phi) is 4.55. The second kappa shape index (κ2) is 5.49. The van der Waals surface area contributed by atoms with Crippen LogP contribution in [0.2, 0.25) is 0 Å². The van der Waals surface area contributed by atoms with Crippen molar-refractivity contribution >= 4 is 0 Å². The number of hydrogen-bond acceptors (Lipinski definition) is 1. The molecule has 0 aliphatic heterocycles. The van der Waals surface area contributed by atoms with Crippen molar-refractivity contribution in [1.29, 1.82) is 0 Å². The molecule has 0 aromatic heterocycles. The van der Waals surface area contributed by atoms with Crippen LogP contribution in [-0.2, 0) is 0 Å². The van der Waals surface area contributed by atoms with Crippen LogP contribution >= 0.6 is 0 Å². The zero-order valence-corrected chi connectivity index (χ0v) is 11.3. The summed E-state index contributed by atoms with van der Waals surface area (Å²) in [6, 6.07) is 9.34. The molecule has 1 heteroatoms. The van der Waals surface area contributed by atoms with E-state index in [4.69, 9.17) is 0 Å². The second-order valence-electron chi connectivity index (χ2n) is 5.85. The molecule has 0 amide bonds. The van der Waals surface area contributed by atoms with Gasteiger partial charge < -0.3 is 5.32 Å². The van der Waals surface area contributed by atoms with Crippen LogP contribution in [-0.4, -0.2) is 7.05 Å². The van der Waals surface area contributed by atoms with Crippen LogP contribution < -0.4 is 5.32 Å². The van der Waals surface area contributed by atoms with Gasteiger partial charge in [-0.3, -0.25) is 0 Å². The molecule has 0 heterocycles. The highest BCUT2D eigenvalue weighted by atomic mass is 14.9. The summed E-state index contributed by atoms with van der Waals surface area (Å²) in [6.07, 6.45) is 2.44. The third-order valence-corrected chi connectivity index (χ3v) is 3.01. The minimum atomic E-state index is 0.416. The van der Waals surface area contributed by atoms with Crippen LogP contribution in [0.15, 0.2) is 24.3 Å². The van der Waals surface area contributed by atoms with Gasteiger partial charge in [0.1, 0.15) is 0 Å². The minimum Gasteiger partial charge on any atom is -0.313 e. The van der Waals surface area contributed by atoms with Crippen molar-refractivity contribution < 1.29 is 0 Å². The molecule has 0 bridgehead atoms. The lowest BCUT2D eigenvalue weighted by Crippen LogP contribution is -2.18. The van der Waals surface area contributed by atoms with Crippen molar-refractivity contribution in [2.75, 3.05) is 7.05 Å². The summed E-state index contributed by atoms with van der Waals surface area (Å²) in [4.78, 5) is 0. The average molecular weight is 219 g/mol. The Morgan fingerprint density at radius 2 is 1.69 bits per heavy atom. The minimum absolute atomic E-state index is 0.416. The lowest BCUT2D eigenvalue weighted by molar-refractivity contribution is 0.338. The SMILES string of the molecule is CNC(CCC(C)(C)C)c1ccc(C)cc1. The van der Waals surface area contributed by atoms with Crippen LogP contribution in [0.5, 0.6) is 0 Å². The van der Waals surface area contributed by atoms with E-state index in [1.54, 1.807) is 0 Å². The lowest BCUT2D eigenvalue weighted by Gasteiger charge is -2.23. The third-order valence-electron chi connectivity index (χ3n) is 3.01. The summed E-state index contributed by atoms with van der Waals surface area (Å²) in [5, 5.41) is 3.41. The second-order valence-corrected chi connectivity index (χ2v) is 5.85. The van der Waals surface area contributed by atoms with Gasteiger partial charge in [0.2, 0.25) is 0 Å². The third kappa shape index (κ3) is 4.36. The summed E-state index contributed by atoms with van der Waals surface area (Å²) in [6.45, 7) is 9.03. The highest BCUT2D eigenvalue weighted by Crippen LogP contribution is 2.27. The van der Waals surface area contributed by atoms with E-state index < -0.39 is 0 Å². The smallest absolute Gasteiger partial charge is 0.0317 e. The predicted molar refractivity (Wildman–Crippen MR) is 71.7 cm³/mol. The van der Waals surface area contributed by atoms with Gasteiger partial charge >= 0.3 is 0 Å². The molecule has 1 atom stereocenters. The Balaban J connectivity index is 2.64. The topological polar surface area (TPSA) is 12.0 Å². The van der Waals surface area contributed by atoms with Crippen LogP contribution in [0.3, 0.4) is 0 Å². The molecule has 1 rings (SSSR count). The first-order valence-corrected chi connectivity index (χ1v) is 6.16. The molecule has 1 aromatic rings. The Labute approximate surface area is 100 Å². The molecule has 0 spiro atoms. The largest absolute Gasteiger partial charge is 0.313 e. The summed E-state index contributed by atoms with van der Waals surface area (Å²) < 4.78 is 0. The number of hydrogen-bond donors (Lipinski definition) is 1. The monoisotopic (exact) mass is 219 g/mol. The van der Waals surface area contributed by atoms with E-state index in [-0.39, 0.29) is 0 Å². The molecule has 1 aromatic carbocycles.